The first kappa shape index (κ1) is 18.6. The summed E-state index contributed by atoms with van der Waals surface area (Å²) in [6.07, 6.45) is 1.37. The number of hydrogen-bond acceptors (Lipinski definition) is 4. The van der Waals surface area contributed by atoms with E-state index in [2.05, 4.69) is 16.5 Å². The number of carbonyl (C=O) groups is 1. The maximum atomic E-state index is 12.4. The molecule has 1 saturated heterocycles. The van der Waals surface area contributed by atoms with E-state index in [0.717, 1.165) is 23.2 Å². The number of rotatable bonds is 5. The minimum Gasteiger partial charge on any atom is -0.351 e. The van der Waals surface area contributed by atoms with Gasteiger partial charge in [0.1, 0.15) is 0 Å². The van der Waals surface area contributed by atoms with Crippen molar-refractivity contribution < 1.29 is 13.2 Å². The number of aryl methyl sites for hydroxylation is 2. The average molecular weight is 375 g/mol. The smallest absolute Gasteiger partial charge is 0.271 e. The topological polar surface area (TPSA) is 81.1 Å². The maximum Gasteiger partial charge on any atom is 0.271 e. The van der Waals surface area contributed by atoms with Crippen molar-refractivity contribution in [3.8, 4) is 11.3 Å². The molecule has 0 radical (unpaired) electrons. The van der Waals surface area contributed by atoms with E-state index in [1.807, 2.05) is 32.9 Å². The van der Waals surface area contributed by atoms with Crippen molar-refractivity contribution in [1.29, 1.82) is 0 Å². The lowest BCUT2D eigenvalue weighted by atomic mass is 10.0. The van der Waals surface area contributed by atoms with Gasteiger partial charge >= 0.3 is 0 Å². The number of hydrogen-bond donors (Lipinski definition) is 1. The van der Waals surface area contributed by atoms with Crippen LogP contribution in [0.2, 0.25) is 0 Å². The third-order valence-electron chi connectivity index (χ3n) is 4.86. The molecule has 1 fully saturated rings. The second kappa shape index (κ2) is 7.23. The molecular weight excluding hydrogens is 350 g/mol. The molecule has 26 heavy (non-hydrogen) atoms. The molecule has 0 aliphatic carbocycles. The summed E-state index contributed by atoms with van der Waals surface area (Å²) in [6, 6.07) is 7.61. The molecule has 0 saturated carbocycles. The number of nitrogens with zero attached hydrogens (tertiary/aromatic N) is 2. The molecular formula is C19H25N3O3S. The molecule has 1 unspecified atom stereocenters. The molecule has 0 spiro atoms. The normalized spacial score (nSPS) is 18.8. The Kier molecular flexibility index (Phi) is 5.18. The molecule has 7 heteroatoms. The lowest BCUT2D eigenvalue weighted by molar-refractivity contribution is 0.0947. The Balaban J connectivity index is 2.04. The molecule has 2 aromatic rings. The van der Waals surface area contributed by atoms with Crippen LogP contribution in [0.1, 0.15) is 47.4 Å². The van der Waals surface area contributed by atoms with Crippen LogP contribution < -0.4 is 5.32 Å². The van der Waals surface area contributed by atoms with Gasteiger partial charge in [0.25, 0.3) is 5.91 Å². The first-order chi connectivity index (χ1) is 12.3. The SMILES string of the molecule is CCCNC(=O)c1cc(-c2ccc(C)c(C)c2)n(C2CCS(=O)(=O)C2)n1. The van der Waals surface area contributed by atoms with E-state index in [9.17, 15) is 13.2 Å². The van der Waals surface area contributed by atoms with Crippen molar-refractivity contribution >= 4 is 15.7 Å². The molecule has 0 bridgehead atoms. The van der Waals surface area contributed by atoms with E-state index in [0.29, 0.717) is 18.7 Å². The largest absolute Gasteiger partial charge is 0.351 e. The van der Waals surface area contributed by atoms with Gasteiger partial charge in [0.15, 0.2) is 15.5 Å². The summed E-state index contributed by atoms with van der Waals surface area (Å²) < 4.78 is 25.6. The van der Waals surface area contributed by atoms with Crippen LogP contribution in [0.4, 0.5) is 0 Å². The van der Waals surface area contributed by atoms with E-state index in [1.165, 1.54) is 5.56 Å². The quantitative estimate of drug-likeness (QED) is 0.871. The van der Waals surface area contributed by atoms with E-state index < -0.39 is 9.84 Å². The van der Waals surface area contributed by atoms with Gasteiger partial charge in [-0.05, 0) is 49.9 Å². The monoisotopic (exact) mass is 375 g/mol. The summed E-state index contributed by atoms with van der Waals surface area (Å²) in [7, 11) is -3.04. The molecule has 140 valence electrons. The third kappa shape index (κ3) is 3.82. The van der Waals surface area contributed by atoms with Crippen LogP contribution in [-0.2, 0) is 9.84 Å². The first-order valence-corrected chi connectivity index (χ1v) is 10.8. The minimum atomic E-state index is -3.04. The van der Waals surface area contributed by atoms with Crippen LogP contribution in [0, 0.1) is 13.8 Å². The lowest BCUT2D eigenvalue weighted by Crippen LogP contribution is -2.25. The van der Waals surface area contributed by atoms with Crippen LogP contribution in [0.25, 0.3) is 11.3 Å². The first-order valence-electron chi connectivity index (χ1n) is 8.96. The van der Waals surface area contributed by atoms with Gasteiger partial charge in [-0.15, -0.1) is 0 Å². The van der Waals surface area contributed by atoms with Crippen LogP contribution >= 0.6 is 0 Å². The Labute approximate surface area is 154 Å². The van der Waals surface area contributed by atoms with Gasteiger partial charge in [0, 0.05) is 12.1 Å². The number of amides is 1. The molecule has 1 atom stereocenters. The minimum absolute atomic E-state index is 0.0720. The molecule has 1 aromatic carbocycles. The molecule has 1 amide bonds. The lowest BCUT2D eigenvalue weighted by Gasteiger charge is -2.14. The van der Waals surface area contributed by atoms with Crippen molar-refractivity contribution in [2.24, 2.45) is 0 Å². The van der Waals surface area contributed by atoms with Crippen molar-refractivity contribution in [1.82, 2.24) is 15.1 Å². The Morgan fingerprint density at radius 2 is 2.04 bits per heavy atom. The molecule has 1 aromatic heterocycles. The highest BCUT2D eigenvalue weighted by molar-refractivity contribution is 7.91. The molecule has 1 N–H and O–H groups in total. The highest BCUT2D eigenvalue weighted by Gasteiger charge is 2.32. The van der Waals surface area contributed by atoms with Crippen molar-refractivity contribution in [3.63, 3.8) is 0 Å². The Bertz CT molecular complexity index is 932. The zero-order chi connectivity index (χ0) is 18.9. The fraction of sp³-hybridized carbons (Fsp3) is 0.474. The average Bonchev–Trinajstić information content (AvgIpc) is 3.18. The zero-order valence-electron chi connectivity index (χ0n) is 15.4. The Morgan fingerprint density at radius 3 is 2.65 bits per heavy atom. The summed E-state index contributed by atoms with van der Waals surface area (Å²) in [6.45, 7) is 6.66. The van der Waals surface area contributed by atoms with E-state index in [1.54, 1.807) is 10.7 Å². The zero-order valence-corrected chi connectivity index (χ0v) is 16.3. The Morgan fingerprint density at radius 1 is 1.27 bits per heavy atom. The maximum absolute atomic E-state index is 12.4. The number of nitrogens with one attached hydrogen (secondary N) is 1. The van der Waals surface area contributed by atoms with Crippen LogP contribution in [0.5, 0.6) is 0 Å². The van der Waals surface area contributed by atoms with Gasteiger partial charge < -0.3 is 5.32 Å². The number of benzene rings is 1. The summed E-state index contributed by atoms with van der Waals surface area (Å²) in [4.78, 5) is 12.4. The molecule has 1 aliphatic rings. The van der Waals surface area contributed by atoms with E-state index in [-0.39, 0.29) is 23.5 Å². The summed E-state index contributed by atoms with van der Waals surface area (Å²) >= 11 is 0. The fourth-order valence-corrected chi connectivity index (χ4v) is 4.89. The summed E-state index contributed by atoms with van der Waals surface area (Å²) in [5.74, 6) is 0.0145. The van der Waals surface area contributed by atoms with Gasteiger partial charge in [-0.1, -0.05) is 19.1 Å². The summed E-state index contributed by atoms with van der Waals surface area (Å²) in [5.41, 5.74) is 4.39. The molecule has 2 heterocycles. The number of sulfone groups is 1. The predicted octanol–water partition coefficient (Wildman–Crippen LogP) is 2.67. The Hall–Kier alpha value is -2.15. The van der Waals surface area contributed by atoms with E-state index in [4.69, 9.17) is 0 Å². The van der Waals surface area contributed by atoms with Gasteiger partial charge in [0.2, 0.25) is 0 Å². The fourth-order valence-electron chi connectivity index (χ4n) is 3.20. The van der Waals surface area contributed by atoms with Gasteiger partial charge in [-0.25, -0.2) is 8.42 Å². The van der Waals surface area contributed by atoms with Gasteiger partial charge in [-0.3, -0.25) is 9.48 Å². The molecule has 1 aliphatic heterocycles. The highest BCUT2D eigenvalue weighted by Crippen LogP contribution is 2.31. The molecule has 6 nitrogen and oxygen atoms in total. The highest BCUT2D eigenvalue weighted by atomic mass is 32.2. The van der Waals surface area contributed by atoms with Crippen molar-refractivity contribution in [2.45, 2.75) is 39.7 Å². The number of aromatic nitrogens is 2. The van der Waals surface area contributed by atoms with E-state index >= 15 is 0 Å². The predicted molar refractivity (Wildman–Crippen MR) is 102 cm³/mol. The van der Waals surface area contributed by atoms with Gasteiger partial charge in [0.05, 0.1) is 23.2 Å². The third-order valence-corrected chi connectivity index (χ3v) is 6.61. The second-order valence-electron chi connectivity index (χ2n) is 6.97. The van der Waals surface area contributed by atoms with Crippen molar-refractivity contribution in [3.05, 3.63) is 41.1 Å². The summed E-state index contributed by atoms with van der Waals surface area (Å²) in [5, 5.41) is 7.31. The number of carbonyl (C=O) groups excluding carboxylic acids is 1. The second-order valence-corrected chi connectivity index (χ2v) is 9.20. The standard InChI is InChI=1S/C19H25N3O3S/c1-4-8-20-19(23)17-11-18(15-6-5-13(2)14(3)10-15)22(21-17)16-7-9-26(24,25)12-16/h5-6,10-11,16H,4,7-9,12H2,1-3H3,(H,20,23). The molecule has 3 rings (SSSR count). The van der Waals surface area contributed by atoms with Gasteiger partial charge in [-0.2, -0.15) is 5.10 Å². The van der Waals surface area contributed by atoms with Crippen LogP contribution in [0.15, 0.2) is 24.3 Å². The van der Waals surface area contributed by atoms with Crippen LogP contribution in [-0.4, -0.2) is 42.2 Å². The van der Waals surface area contributed by atoms with Crippen molar-refractivity contribution in [2.75, 3.05) is 18.1 Å². The van der Waals surface area contributed by atoms with Crippen LogP contribution in [0.3, 0.4) is 0 Å².